The van der Waals surface area contributed by atoms with E-state index in [-0.39, 0.29) is 16.9 Å². The van der Waals surface area contributed by atoms with E-state index in [9.17, 15) is 55.9 Å². The lowest BCUT2D eigenvalue weighted by atomic mass is 9.97. The fraction of sp³-hybridized carbons (Fsp3) is 0.444. The molecule has 10 N–H and O–H groups in total. The molecule has 1 aromatic heterocycles. The monoisotopic (exact) mass is 610 g/mol. The zero-order valence-corrected chi connectivity index (χ0v) is 22.3. The maximum absolute atomic E-state index is 13.6. The number of hydrogen-bond donors (Lipinski definition) is 10. The lowest BCUT2D eigenvalue weighted by Crippen LogP contribution is -2.64. The third-order valence-corrected chi connectivity index (χ3v) is 7.31. The highest BCUT2D eigenvalue weighted by Gasteiger charge is 2.50. The second-order valence-electron chi connectivity index (χ2n) is 10.2. The third-order valence-electron chi connectivity index (χ3n) is 7.31. The molecule has 0 unspecified atom stereocenters. The van der Waals surface area contributed by atoms with E-state index in [1.165, 1.54) is 13.0 Å². The Hall–Kier alpha value is -3.71. The van der Waals surface area contributed by atoms with Crippen molar-refractivity contribution in [3.05, 3.63) is 40.6 Å². The van der Waals surface area contributed by atoms with Gasteiger partial charge in [-0.15, -0.1) is 0 Å². The Morgan fingerprint density at radius 2 is 1.51 bits per heavy atom. The second kappa shape index (κ2) is 11.8. The van der Waals surface area contributed by atoms with Crippen molar-refractivity contribution in [3.63, 3.8) is 0 Å². The molecule has 16 nitrogen and oxygen atoms in total. The Morgan fingerprint density at radius 1 is 0.791 bits per heavy atom. The number of ether oxygens (including phenoxy) is 4. The van der Waals surface area contributed by atoms with Crippen molar-refractivity contribution in [1.82, 2.24) is 0 Å². The predicted molar refractivity (Wildman–Crippen MR) is 140 cm³/mol. The molecule has 234 valence electrons. The normalized spacial score (nSPS) is 33.0. The maximum Gasteiger partial charge on any atom is 0.239 e. The molecule has 10 atom stereocenters. The van der Waals surface area contributed by atoms with Crippen LogP contribution >= 0.6 is 0 Å². The molecule has 0 aliphatic carbocycles. The first-order valence-corrected chi connectivity index (χ1v) is 13.0. The van der Waals surface area contributed by atoms with Gasteiger partial charge in [0, 0.05) is 17.7 Å². The van der Waals surface area contributed by atoms with Crippen LogP contribution in [0.3, 0.4) is 0 Å². The molecule has 0 spiro atoms. The lowest BCUT2D eigenvalue weighted by Gasteiger charge is -2.45. The molecule has 16 heteroatoms. The summed E-state index contributed by atoms with van der Waals surface area (Å²) in [5.41, 5.74) is -1.29. The van der Waals surface area contributed by atoms with E-state index in [0.717, 1.165) is 24.3 Å². The van der Waals surface area contributed by atoms with Gasteiger partial charge in [-0.3, -0.25) is 4.79 Å². The first-order valence-electron chi connectivity index (χ1n) is 13.0. The van der Waals surface area contributed by atoms with Gasteiger partial charge in [-0.2, -0.15) is 0 Å². The molecule has 2 aromatic carbocycles. The number of benzene rings is 2. The summed E-state index contributed by atoms with van der Waals surface area (Å²) >= 11 is 0. The molecule has 2 saturated heterocycles. The summed E-state index contributed by atoms with van der Waals surface area (Å²) in [4.78, 5) is 13.6. The Balaban J connectivity index is 1.53. The van der Waals surface area contributed by atoms with Crippen molar-refractivity contribution >= 4 is 11.0 Å². The van der Waals surface area contributed by atoms with Crippen LogP contribution in [0.5, 0.6) is 28.7 Å². The van der Waals surface area contributed by atoms with Crippen LogP contribution in [0.15, 0.2) is 39.5 Å². The van der Waals surface area contributed by atoms with Crippen LogP contribution in [0.2, 0.25) is 0 Å². The minimum atomic E-state index is -1.93. The van der Waals surface area contributed by atoms with E-state index >= 15 is 0 Å². The first-order chi connectivity index (χ1) is 20.3. The summed E-state index contributed by atoms with van der Waals surface area (Å²) in [6.45, 7) is 0.608. The van der Waals surface area contributed by atoms with E-state index in [1.54, 1.807) is 0 Å². The Morgan fingerprint density at radius 3 is 2.19 bits per heavy atom. The molecule has 0 bridgehead atoms. The van der Waals surface area contributed by atoms with Crippen LogP contribution in [-0.2, 0) is 14.2 Å². The summed E-state index contributed by atoms with van der Waals surface area (Å²) in [5, 5.41) is 102. The molecule has 0 radical (unpaired) electrons. The van der Waals surface area contributed by atoms with Crippen LogP contribution in [-0.4, -0.2) is 119 Å². The molecule has 3 heterocycles. The topological polar surface area (TPSA) is 269 Å². The van der Waals surface area contributed by atoms with Crippen LogP contribution < -0.4 is 10.2 Å². The molecule has 3 aromatic rings. The fourth-order valence-corrected chi connectivity index (χ4v) is 4.94. The molecule has 2 aliphatic rings. The number of rotatable bonds is 6. The maximum atomic E-state index is 13.6. The van der Waals surface area contributed by atoms with Crippen molar-refractivity contribution in [2.75, 3.05) is 6.61 Å². The molecular weight excluding hydrogens is 580 g/mol. The number of hydrogen-bond acceptors (Lipinski definition) is 16. The molecule has 5 rings (SSSR count). The van der Waals surface area contributed by atoms with Crippen LogP contribution in [0.4, 0.5) is 0 Å². The number of aliphatic hydroxyl groups is 6. The van der Waals surface area contributed by atoms with Crippen LogP contribution in [0.25, 0.3) is 22.3 Å². The average molecular weight is 611 g/mol. The third kappa shape index (κ3) is 5.55. The van der Waals surface area contributed by atoms with Gasteiger partial charge in [0.05, 0.1) is 12.7 Å². The van der Waals surface area contributed by atoms with Crippen molar-refractivity contribution in [3.8, 4) is 40.1 Å². The molecular formula is C27H30O16. The van der Waals surface area contributed by atoms with E-state index in [0.29, 0.717) is 0 Å². The molecule has 2 fully saturated rings. The van der Waals surface area contributed by atoms with Gasteiger partial charge >= 0.3 is 0 Å². The summed E-state index contributed by atoms with van der Waals surface area (Å²) < 4.78 is 28.0. The fourth-order valence-electron chi connectivity index (χ4n) is 4.94. The van der Waals surface area contributed by atoms with E-state index in [4.69, 9.17) is 23.4 Å². The largest absolute Gasteiger partial charge is 0.508 e. The van der Waals surface area contributed by atoms with Crippen molar-refractivity contribution in [2.24, 2.45) is 0 Å². The van der Waals surface area contributed by atoms with Gasteiger partial charge in [0.1, 0.15) is 65.2 Å². The highest BCUT2D eigenvalue weighted by atomic mass is 16.7. The second-order valence-corrected chi connectivity index (χ2v) is 10.2. The summed E-state index contributed by atoms with van der Waals surface area (Å²) in [5.74, 6) is -3.23. The van der Waals surface area contributed by atoms with Crippen molar-refractivity contribution < 1.29 is 74.4 Å². The minimum Gasteiger partial charge on any atom is -0.508 e. The first kappa shape index (κ1) is 30.7. The molecule has 0 saturated carbocycles. The molecule has 0 amide bonds. The predicted octanol–water partition coefficient (Wildman–Crippen LogP) is -1.69. The SMILES string of the molecule is C[C@@H]1O[C@@H](Oc2c(-c3ccc(O)c(O)c3)oc3cc(O)cc(O)c3c2=O)[C@@H](O)[C@H](O[C@@H]2O[C@@H](CO)[C@H](O)[C@H](O)[C@@H]2O)[C@H]1O. The number of aromatic hydroxyl groups is 4. The summed E-state index contributed by atoms with van der Waals surface area (Å²) in [6, 6.07) is 5.30. The van der Waals surface area contributed by atoms with Crippen LogP contribution in [0, 0.1) is 0 Å². The van der Waals surface area contributed by atoms with Gasteiger partial charge < -0.3 is 74.4 Å². The van der Waals surface area contributed by atoms with Gasteiger partial charge in [0.25, 0.3) is 0 Å². The zero-order chi connectivity index (χ0) is 31.3. The average Bonchev–Trinajstić information content (AvgIpc) is 2.96. The summed E-state index contributed by atoms with van der Waals surface area (Å²) in [7, 11) is 0. The van der Waals surface area contributed by atoms with E-state index < -0.39 is 108 Å². The van der Waals surface area contributed by atoms with Crippen molar-refractivity contribution in [2.45, 2.75) is 68.3 Å². The zero-order valence-electron chi connectivity index (χ0n) is 22.3. The number of phenols is 4. The molecule has 43 heavy (non-hydrogen) atoms. The number of fused-ring (bicyclic) bond motifs is 1. The van der Waals surface area contributed by atoms with Gasteiger partial charge in [-0.05, 0) is 25.1 Å². The van der Waals surface area contributed by atoms with Crippen molar-refractivity contribution in [1.29, 1.82) is 0 Å². The standard InChI is InChI=1S/C27H30O16/c1-8-17(33)24(42-26-21(37)20(36)18(34)15(7-28)41-26)22(38)27(39-8)43-25-19(35)16-13(32)5-10(29)6-14(16)40-23(25)9-2-3-11(30)12(31)4-9/h2-6,8,15,17-18,20-22,24,26-34,36-38H,7H2,1H3/t8-,15-,17-,18-,20-,21-,22-,24+,26-,27-/m0/s1. The minimum absolute atomic E-state index is 0.0142. The highest BCUT2D eigenvalue weighted by Crippen LogP contribution is 2.39. The number of aliphatic hydroxyl groups excluding tert-OH is 6. The smallest absolute Gasteiger partial charge is 0.239 e. The van der Waals surface area contributed by atoms with Crippen LogP contribution in [0.1, 0.15) is 6.92 Å². The van der Waals surface area contributed by atoms with Gasteiger partial charge in [0.2, 0.25) is 17.5 Å². The number of phenolic OH excluding ortho intramolecular Hbond substituents is 4. The Labute approximate surface area is 241 Å². The Kier molecular flexibility index (Phi) is 8.41. The van der Waals surface area contributed by atoms with E-state index in [1.807, 2.05) is 0 Å². The van der Waals surface area contributed by atoms with E-state index in [2.05, 4.69) is 0 Å². The highest BCUT2D eigenvalue weighted by molar-refractivity contribution is 5.88. The quantitative estimate of drug-likeness (QED) is 0.140. The lowest BCUT2D eigenvalue weighted by molar-refractivity contribution is -0.350. The summed E-state index contributed by atoms with van der Waals surface area (Å²) in [6.07, 6.45) is -16.6. The van der Waals surface area contributed by atoms with Gasteiger partial charge in [0.15, 0.2) is 23.5 Å². The molecule has 2 aliphatic heterocycles. The Bertz CT molecular complexity index is 1540. The van der Waals surface area contributed by atoms with Gasteiger partial charge in [-0.25, -0.2) is 0 Å². The van der Waals surface area contributed by atoms with Gasteiger partial charge in [-0.1, -0.05) is 0 Å².